The first-order valence-electron chi connectivity index (χ1n) is 7.04. The van der Waals surface area contributed by atoms with Gasteiger partial charge in [-0.05, 0) is 32.4 Å². The quantitative estimate of drug-likeness (QED) is 0.624. The fraction of sp³-hybridized carbons (Fsp3) is 0.714. The fourth-order valence-corrected chi connectivity index (χ4v) is 2.36. The van der Waals surface area contributed by atoms with Crippen molar-refractivity contribution in [1.82, 2.24) is 15.5 Å². The molecule has 1 heterocycles. The van der Waals surface area contributed by atoms with Crippen molar-refractivity contribution >= 4 is 12.0 Å². The second-order valence-electron chi connectivity index (χ2n) is 4.92. The Morgan fingerprint density at radius 2 is 2.15 bits per heavy atom. The molecule has 0 aromatic heterocycles. The third-order valence-electron chi connectivity index (χ3n) is 3.39. The van der Waals surface area contributed by atoms with Gasteiger partial charge in [0.15, 0.2) is 0 Å². The highest BCUT2D eigenvalue weighted by Crippen LogP contribution is 2.13. The van der Waals surface area contributed by atoms with Crippen LogP contribution in [0.25, 0.3) is 0 Å². The number of nitrogens with zero attached hydrogens (tertiary/aromatic N) is 1. The van der Waals surface area contributed by atoms with Gasteiger partial charge in [-0.2, -0.15) is 0 Å². The topological polar surface area (TPSA) is 81.7 Å². The molecule has 1 saturated heterocycles. The second-order valence-corrected chi connectivity index (χ2v) is 4.92. The molecular weight excluding hydrogens is 258 g/mol. The lowest BCUT2D eigenvalue weighted by molar-refractivity contribution is -0.139. The molecule has 0 aliphatic carbocycles. The van der Waals surface area contributed by atoms with Gasteiger partial charge in [-0.15, -0.1) is 12.3 Å². The van der Waals surface area contributed by atoms with Crippen LogP contribution in [-0.2, 0) is 4.79 Å². The first kappa shape index (κ1) is 16.3. The van der Waals surface area contributed by atoms with Crippen LogP contribution in [0.3, 0.4) is 0 Å². The van der Waals surface area contributed by atoms with Crippen molar-refractivity contribution in [3.63, 3.8) is 0 Å². The number of carboxylic acid groups (broad SMARTS) is 1. The SMILES string of the molecule is C#CCC(NC(=O)N(CCC)C1CCNCC1)C(=O)O. The highest BCUT2D eigenvalue weighted by Gasteiger charge is 2.27. The van der Waals surface area contributed by atoms with Crippen LogP contribution in [0.4, 0.5) is 4.79 Å². The number of hydrogen-bond acceptors (Lipinski definition) is 3. The van der Waals surface area contributed by atoms with Gasteiger partial charge < -0.3 is 20.6 Å². The average molecular weight is 281 g/mol. The van der Waals surface area contributed by atoms with Crippen molar-refractivity contribution < 1.29 is 14.7 Å². The Labute approximate surface area is 119 Å². The minimum atomic E-state index is -1.10. The molecule has 1 unspecified atom stereocenters. The average Bonchev–Trinajstić information content (AvgIpc) is 2.45. The zero-order valence-corrected chi connectivity index (χ0v) is 11.9. The van der Waals surface area contributed by atoms with Gasteiger partial charge in [0, 0.05) is 19.0 Å². The zero-order chi connectivity index (χ0) is 15.0. The van der Waals surface area contributed by atoms with Gasteiger partial charge in [0.25, 0.3) is 0 Å². The van der Waals surface area contributed by atoms with E-state index in [0.29, 0.717) is 6.54 Å². The summed E-state index contributed by atoms with van der Waals surface area (Å²) in [6.45, 7) is 4.38. The molecule has 6 nitrogen and oxygen atoms in total. The molecule has 1 atom stereocenters. The Morgan fingerprint density at radius 1 is 1.50 bits per heavy atom. The Hall–Kier alpha value is -1.74. The molecule has 0 aromatic rings. The normalized spacial score (nSPS) is 17.0. The molecule has 0 aromatic carbocycles. The van der Waals surface area contributed by atoms with Gasteiger partial charge in [0.05, 0.1) is 0 Å². The number of terminal acetylenes is 1. The van der Waals surface area contributed by atoms with Gasteiger partial charge in [0.1, 0.15) is 6.04 Å². The van der Waals surface area contributed by atoms with Crippen molar-refractivity contribution in [2.45, 2.75) is 44.7 Å². The summed E-state index contributed by atoms with van der Waals surface area (Å²) >= 11 is 0. The number of carbonyl (C=O) groups excluding carboxylic acids is 1. The summed E-state index contributed by atoms with van der Waals surface area (Å²) in [6.07, 6.45) is 7.74. The maximum Gasteiger partial charge on any atom is 0.327 e. The summed E-state index contributed by atoms with van der Waals surface area (Å²) in [6, 6.07) is -1.19. The van der Waals surface area contributed by atoms with Crippen molar-refractivity contribution in [2.24, 2.45) is 0 Å². The van der Waals surface area contributed by atoms with Crippen LogP contribution in [0.5, 0.6) is 0 Å². The number of piperidine rings is 1. The number of aliphatic carboxylic acids is 1. The summed E-state index contributed by atoms with van der Waals surface area (Å²) in [5.41, 5.74) is 0. The molecule has 2 amide bonds. The van der Waals surface area contributed by atoms with Gasteiger partial charge in [-0.3, -0.25) is 0 Å². The van der Waals surface area contributed by atoms with Crippen LogP contribution in [0.2, 0.25) is 0 Å². The predicted octanol–water partition coefficient (Wildman–Crippen LogP) is 0.637. The number of carboxylic acids is 1. The number of hydrogen-bond donors (Lipinski definition) is 3. The van der Waals surface area contributed by atoms with E-state index in [1.807, 2.05) is 6.92 Å². The molecular formula is C14H23N3O3. The van der Waals surface area contributed by atoms with E-state index in [1.54, 1.807) is 4.90 Å². The lowest BCUT2D eigenvalue weighted by Crippen LogP contribution is -2.53. The lowest BCUT2D eigenvalue weighted by Gasteiger charge is -2.35. The van der Waals surface area contributed by atoms with Crippen LogP contribution in [0, 0.1) is 12.3 Å². The van der Waals surface area contributed by atoms with Crippen molar-refractivity contribution in [3.05, 3.63) is 0 Å². The third-order valence-corrected chi connectivity index (χ3v) is 3.39. The van der Waals surface area contributed by atoms with Gasteiger partial charge in [-0.25, -0.2) is 9.59 Å². The number of carbonyl (C=O) groups is 2. The summed E-state index contributed by atoms with van der Waals surface area (Å²) in [5.74, 6) is 1.18. The standard InChI is InChI=1S/C14H23N3O3/c1-3-5-12(13(18)19)16-14(20)17(10-4-2)11-6-8-15-9-7-11/h1,11-12,15H,4-10H2,2H3,(H,16,20)(H,18,19). The van der Waals surface area contributed by atoms with E-state index in [4.69, 9.17) is 11.5 Å². The largest absolute Gasteiger partial charge is 0.480 e. The molecule has 0 saturated carbocycles. The molecule has 1 aliphatic rings. The number of nitrogens with one attached hydrogen (secondary N) is 2. The number of urea groups is 1. The Bertz CT molecular complexity index is 372. The Balaban J connectivity index is 2.67. The van der Waals surface area contributed by atoms with Crippen molar-refractivity contribution in [2.75, 3.05) is 19.6 Å². The Kier molecular flexibility index (Phi) is 6.88. The molecule has 0 radical (unpaired) electrons. The van der Waals surface area contributed by atoms with Crippen LogP contribution in [-0.4, -0.2) is 53.7 Å². The van der Waals surface area contributed by atoms with Gasteiger partial charge in [0.2, 0.25) is 0 Å². The minimum Gasteiger partial charge on any atom is -0.480 e. The molecule has 1 aliphatic heterocycles. The van der Waals surface area contributed by atoms with E-state index in [0.717, 1.165) is 32.4 Å². The maximum absolute atomic E-state index is 12.3. The molecule has 0 bridgehead atoms. The van der Waals surface area contributed by atoms with E-state index in [9.17, 15) is 9.59 Å². The van der Waals surface area contributed by atoms with E-state index in [1.165, 1.54) is 0 Å². The van der Waals surface area contributed by atoms with E-state index in [-0.39, 0.29) is 18.5 Å². The summed E-state index contributed by atoms with van der Waals surface area (Å²) in [4.78, 5) is 25.1. The van der Waals surface area contributed by atoms with Crippen LogP contribution in [0.15, 0.2) is 0 Å². The fourth-order valence-electron chi connectivity index (χ4n) is 2.36. The van der Waals surface area contributed by atoms with Crippen LogP contribution in [0.1, 0.15) is 32.6 Å². The smallest absolute Gasteiger partial charge is 0.327 e. The van der Waals surface area contributed by atoms with Crippen LogP contribution >= 0.6 is 0 Å². The summed E-state index contributed by atoms with van der Waals surface area (Å²) in [7, 11) is 0. The molecule has 20 heavy (non-hydrogen) atoms. The van der Waals surface area contributed by atoms with Gasteiger partial charge in [-0.1, -0.05) is 6.92 Å². The summed E-state index contributed by atoms with van der Waals surface area (Å²) < 4.78 is 0. The maximum atomic E-state index is 12.3. The minimum absolute atomic E-state index is 0.00669. The Morgan fingerprint density at radius 3 is 2.65 bits per heavy atom. The van der Waals surface area contributed by atoms with E-state index < -0.39 is 12.0 Å². The monoisotopic (exact) mass is 281 g/mol. The highest BCUT2D eigenvalue weighted by atomic mass is 16.4. The van der Waals surface area contributed by atoms with Crippen molar-refractivity contribution in [3.8, 4) is 12.3 Å². The van der Waals surface area contributed by atoms with E-state index >= 15 is 0 Å². The molecule has 6 heteroatoms. The second kappa shape index (κ2) is 8.43. The lowest BCUT2D eigenvalue weighted by atomic mass is 10.0. The van der Waals surface area contributed by atoms with Crippen molar-refractivity contribution in [1.29, 1.82) is 0 Å². The third kappa shape index (κ3) is 4.74. The predicted molar refractivity (Wildman–Crippen MR) is 76.3 cm³/mol. The highest BCUT2D eigenvalue weighted by molar-refractivity contribution is 5.83. The van der Waals surface area contributed by atoms with Crippen LogP contribution < -0.4 is 10.6 Å². The molecule has 1 rings (SSSR count). The van der Waals surface area contributed by atoms with E-state index in [2.05, 4.69) is 16.6 Å². The zero-order valence-electron chi connectivity index (χ0n) is 11.9. The number of amides is 2. The first-order chi connectivity index (χ1) is 9.60. The summed E-state index contributed by atoms with van der Waals surface area (Å²) in [5, 5.41) is 14.8. The molecule has 3 N–H and O–H groups in total. The molecule has 0 spiro atoms. The molecule has 112 valence electrons. The number of rotatable bonds is 6. The first-order valence-corrected chi connectivity index (χ1v) is 7.04. The molecule has 1 fully saturated rings. The van der Waals surface area contributed by atoms with Gasteiger partial charge >= 0.3 is 12.0 Å².